The minimum absolute atomic E-state index is 0. The zero-order chi connectivity index (χ0) is 11.4. The van der Waals surface area contributed by atoms with Gasteiger partial charge >= 0.3 is 0 Å². The zero-order valence-electron chi connectivity index (χ0n) is 8.47. The first kappa shape index (κ1) is 19.5. The first-order valence-electron chi connectivity index (χ1n) is 3.73. The second-order valence-corrected chi connectivity index (χ2v) is 2.06. The predicted molar refractivity (Wildman–Crippen MR) is 52.4 cm³/mol. The average molecular weight is 317 g/mol. The van der Waals surface area contributed by atoms with E-state index in [0.717, 1.165) is 13.8 Å². The molecule has 0 aliphatic carbocycles. The number of hydrogen-bond acceptors (Lipinski definition) is 4. The average Bonchev–Trinajstić information content (AvgIpc) is 2.05. The Balaban J connectivity index is -0.000000145. The van der Waals surface area contributed by atoms with E-state index in [9.17, 15) is 0 Å². The predicted octanol–water partition coefficient (Wildman–Crippen LogP) is -1.38. The molecule has 4 radical (unpaired) electrons. The Bertz CT molecular complexity index is 202. The number of rotatable bonds is 0. The SMILES string of the molecule is CC(=O)[O-].CC(=O)[O-].[Sb].[c]1ccccc1. The van der Waals surface area contributed by atoms with Gasteiger partial charge in [0.1, 0.15) is 0 Å². The van der Waals surface area contributed by atoms with Crippen LogP contribution in [0, 0.1) is 6.07 Å². The molecule has 5 heteroatoms. The molecule has 1 aromatic carbocycles. The molecule has 0 fully saturated rings. The fraction of sp³-hybridized carbons (Fsp3) is 0.200. The van der Waals surface area contributed by atoms with Gasteiger partial charge in [0.15, 0.2) is 0 Å². The van der Waals surface area contributed by atoms with Gasteiger partial charge in [0.2, 0.25) is 0 Å². The summed E-state index contributed by atoms with van der Waals surface area (Å²) in [7, 11) is 0. The number of carboxylic acid groups (broad SMARTS) is 2. The Kier molecular flexibility index (Phi) is 20.1. The van der Waals surface area contributed by atoms with Gasteiger partial charge in [0, 0.05) is 36.4 Å². The standard InChI is InChI=1S/C6H5.2C2H4O2.Sb/c1-2-4-6-5-3-1;2*1-2(3)4;/h1-5H;2*1H3,(H,3,4);/p-2. The van der Waals surface area contributed by atoms with Crippen LogP contribution in [0.2, 0.25) is 0 Å². The number of carbonyl (C=O) groups is 2. The molecule has 0 aliphatic heterocycles. The maximum Gasteiger partial charge on any atom is 0.0383 e. The van der Waals surface area contributed by atoms with Gasteiger partial charge in [-0.05, 0) is 19.9 Å². The first-order chi connectivity index (χ1) is 6.46. The molecule has 0 heterocycles. The van der Waals surface area contributed by atoms with Crippen LogP contribution in [0.1, 0.15) is 13.8 Å². The van der Waals surface area contributed by atoms with Crippen molar-refractivity contribution in [2.45, 2.75) is 13.8 Å². The molecule has 15 heavy (non-hydrogen) atoms. The Morgan fingerprint density at radius 2 is 1.20 bits per heavy atom. The van der Waals surface area contributed by atoms with Crippen molar-refractivity contribution in [1.82, 2.24) is 0 Å². The van der Waals surface area contributed by atoms with Crippen LogP contribution in [0.3, 0.4) is 0 Å². The molecule has 0 aromatic heterocycles. The molecule has 0 aliphatic rings. The quantitative estimate of drug-likeness (QED) is 0.552. The minimum atomic E-state index is -1.08. The van der Waals surface area contributed by atoms with E-state index in [1.807, 2.05) is 30.3 Å². The van der Waals surface area contributed by atoms with E-state index in [1.165, 1.54) is 0 Å². The molecule has 0 atom stereocenters. The Morgan fingerprint density at radius 1 is 0.933 bits per heavy atom. The third kappa shape index (κ3) is 63.1. The Morgan fingerprint density at radius 3 is 1.27 bits per heavy atom. The zero-order valence-corrected chi connectivity index (χ0v) is 11.0. The fourth-order valence-electron chi connectivity index (χ4n) is 0.342. The van der Waals surface area contributed by atoms with Crippen molar-refractivity contribution in [3.05, 3.63) is 36.4 Å². The summed E-state index contributed by atoms with van der Waals surface area (Å²) in [5.41, 5.74) is 0. The van der Waals surface area contributed by atoms with Gasteiger partial charge in [-0.1, -0.05) is 30.3 Å². The van der Waals surface area contributed by atoms with Crippen LogP contribution < -0.4 is 10.2 Å². The van der Waals surface area contributed by atoms with E-state index in [1.54, 1.807) is 0 Å². The Labute approximate surface area is 106 Å². The van der Waals surface area contributed by atoms with Crippen LogP contribution in [0.4, 0.5) is 0 Å². The van der Waals surface area contributed by atoms with Crippen molar-refractivity contribution >= 4 is 36.4 Å². The van der Waals surface area contributed by atoms with Crippen molar-refractivity contribution < 1.29 is 19.8 Å². The number of aliphatic carboxylic acids is 2. The van der Waals surface area contributed by atoms with Crippen LogP contribution in [-0.2, 0) is 9.59 Å². The summed E-state index contributed by atoms with van der Waals surface area (Å²) in [4.78, 5) is 17.8. The van der Waals surface area contributed by atoms with E-state index in [-0.39, 0.29) is 24.4 Å². The largest absolute Gasteiger partial charge is 0.550 e. The van der Waals surface area contributed by atoms with Gasteiger partial charge in [-0.3, -0.25) is 0 Å². The number of hydrogen-bond donors (Lipinski definition) is 0. The summed E-state index contributed by atoms with van der Waals surface area (Å²) in [6.07, 6.45) is 0. The van der Waals surface area contributed by atoms with Gasteiger partial charge in [-0.2, -0.15) is 0 Å². The molecule has 82 valence electrons. The second-order valence-electron chi connectivity index (χ2n) is 2.06. The molecule has 0 unspecified atom stereocenters. The molecular weight excluding hydrogens is 306 g/mol. The molecule has 1 rings (SSSR count). The maximum absolute atomic E-state index is 8.89. The van der Waals surface area contributed by atoms with Crippen molar-refractivity contribution in [3.8, 4) is 0 Å². The van der Waals surface area contributed by atoms with Crippen molar-refractivity contribution in [2.75, 3.05) is 0 Å². The van der Waals surface area contributed by atoms with Crippen molar-refractivity contribution in [1.29, 1.82) is 0 Å². The van der Waals surface area contributed by atoms with E-state index in [0.29, 0.717) is 0 Å². The second kappa shape index (κ2) is 15.5. The summed E-state index contributed by atoms with van der Waals surface area (Å²) in [5, 5.41) is 17.8. The molecule has 0 amide bonds. The number of benzene rings is 1. The van der Waals surface area contributed by atoms with Crippen LogP contribution in [0.15, 0.2) is 30.3 Å². The number of carbonyl (C=O) groups excluding carboxylic acids is 2. The summed E-state index contributed by atoms with van der Waals surface area (Å²) >= 11 is 0. The fourth-order valence-corrected chi connectivity index (χ4v) is 0.342. The summed E-state index contributed by atoms with van der Waals surface area (Å²) in [6.45, 7) is 1.94. The van der Waals surface area contributed by atoms with E-state index in [4.69, 9.17) is 19.8 Å². The van der Waals surface area contributed by atoms with Gasteiger partial charge in [0.25, 0.3) is 0 Å². The normalized spacial score (nSPS) is 6.53. The van der Waals surface area contributed by atoms with Crippen LogP contribution in [-0.4, -0.2) is 36.4 Å². The van der Waals surface area contributed by atoms with E-state index < -0.39 is 11.9 Å². The van der Waals surface area contributed by atoms with Gasteiger partial charge < -0.3 is 19.8 Å². The van der Waals surface area contributed by atoms with E-state index >= 15 is 0 Å². The van der Waals surface area contributed by atoms with Crippen molar-refractivity contribution in [2.24, 2.45) is 0 Å². The first-order valence-corrected chi connectivity index (χ1v) is 3.73. The van der Waals surface area contributed by atoms with Gasteiger partial charge in [0.05, 0.1) is 0 Å². The molecule has 4 nitrogen and oxygen atoms in total. The minimum Gasteiger partial charge on any atom is -0.550 e. The van der Waals surface area contributed by atoms with Crippen LogP contribution in [0.5, 0.6) is 0 Å². The maximum atomic E-state index is 8.89. The smallest absolute Gasteiger partial charge is 0.0383 e. The third-order valence-electron chi connectivity index (χ3n) is 0.607. The molecule has 1 aromatic rings. The van der Waals surface area contributed by atoms with Crippen LogP contribution in [0.25, 0.3) is 0 Å². The summed E-state index contributed by atoms with van der Waals surface area (Å²) in [6, 6.07) is 12.5. The summed E-state index contributed by atoms with van der Waals surface area (Å²) < 4.78 is 0. The Hall–Kier alpha value is -1.02. The number of carboxylic acids is 2. The summed E-state index contributed by atoms with van der Waals surface area (Å²) in [5.74, 6) is -2.17. The molecule has 0 saturated carbocycles. The van der Waals surface area contributed by atoms with Gasteiger partial charge in [-0.25, -0.2) is 0 Å². The third-order valence-corrected chi connectivity index (χ3v) is 0.607. The molecule has 0 N–H and O–H groups in total. The molecule has 0 saturated heterocycles. The topological polar surface area (TPSA) is 80.3 Å². The molecule has 0 spiro atoms. The van der Waals surface area contributed by atoms with Crippen LogP contribution >= 0.6 is 0 Å². The monoisotopic (exact) mass is 316 g/mol. The molecule has 0 bridgehead atoms. The van der Waals surface area contributed by atoms with Gasteiger partial charge in [-0.15, -0.1) is 0 Å². The van der Waals surface area contributed by atoms with E-state index in [2.05, 4.69) is 6.07 Å². The van der Waals surface area contributed by atoms with Crippen molar-refractivity contribution in [3.63, 3.8) is 0 Å². The molecular formula is C10H11O4Sb-2.